The van der Waals surface area contributed by atoms with Gasteiger partial charge in [-0.05, 0) is 64.0 Å². The largest absolute Gasteiger partial charge is 0.496 e. The Bertz CT molecular complexity index is 415. The monoisotopic (exact) mass is 264 g/mol. The van der Waals surface area contributed by atoms with Crippen LogP contribution in [0.1, 0.15) is 36.1 Å². The molecule has 0 spiro atoms. The van der Waals surface area contributed by atoms with E-state index in [9.17, 15) is 0 Å². The highest BCUT2D eigenvalue weighted by Gasteiger charge is 2.21. The Hall–Kier alpha value is -1.06. The minimum Gasteiger partial charge on any atom is -0.496 e. The van der Waals surface area contributed by atoms with Crippen LogP contribution in [0.3, 0.4) is 0 Å². The van der Waals surface area contributed by atoms with Gasteiger partial charge in [0.2, 0.25) is 0 Å². The molecule has 1 aromatic rings. The van der Waals surface area contributed by atoms with Crippen molar-refractivity contribution >= 4 is 0 Å². The summed E-state index contributed by atoms with van der Waals surface area (Å²) in [6.45, 7) is 7.19. The number of ether oxygens (including phenoxy) is 1. The van der Waals surface area contributed by atoms with Gasteiger partial charge in [-0.15, -0.1) is 0 Å². The first-order valence-electron chi connectivity index (χ1n) is 6.92. The van der Waals surface area contributed by atoms with Crippen LogP contribution in [-0.2, 0) is 0 Å². The molecule has 0 aromatic heterocycles. The summed E-state index contributed by atoms with van der Waals surface area (Å²) in [4.78, 5) is 2.25. The van der Waals surface area contributed by atoms with Crippen LogP contribution in [0, 0.1) is 19.8 Å². The Balaban J connectivity index is 3.18. The summed E-state index contributed by atoms with van der Waals surface area (Å²) >= 11 is 0. The van der Waals surface area contributed by atoms with E-state index in [-0.39, 0.29) is 0 Å². The topological polar surface area (TPSA) is 38.5 Å². The fraction of sp³-hybridized carbons (Fsp3) is 0.625. The average Bonchev–Trinajstić information content (AvgIpc) is 2.38. The molecule has 0 heterocycles. The zero-order valence-electron chi connectivity index (χ0n) is 13.2. The van der Waals surface area contributed by atoms with Crippen molar-refractivity contribution in [1.29, 1.82) is 0 Å². The van der Waals surface area contributed by atoms with Crippen LogP contribution < -0.4 is 10.5 Å². The summed E-state index contributed by atoms with van der Waals surface area (Å²) in [5.41, 5.74) is 9.61. The molecule has 0 aliphatic carbocycles. The highest BCUT2D eigenvalue weighted by molar-refractivity contribution is 5.43. The molecular weight excluding hydrogens is 236 g/mol. The van der Waals surface area contributed by atoms with E-state index in [1.807, 2.05) is 0 Å². The van der Waals surface area contributed by atoms with Gasteiger partial charge in [-0.25, -0.2) is 0 Å². The van der Waals surface area contributed by atoms with Crippen molar-refractivity contribution in [2.45, 2.75) is 33.2 Å². The molecule has 2 N–H and O–H groups in total. The number of rotatable bonds is 6. The number of benzene rings is 1. The standard InChI is InChI=1S/C16H28N2O/c1-11(10-17)7-15(18(4)5)14-8-12(2)13(3)9-16(14)19-6/h8-9,11,15H,7,10,17H2,1-6H3. The number of aryl methyl sites for hydroxylation is 2. The van der Waals surface area contributed by atoms with Crippen molar-refractivity contribution in [3.05, 3.63) is 28.8 Å². The summed E-state index contributed by atoms with van der Waals surface area (Å²) in [6, 6.07) is 4.73. The number of hydrogen-bond donors (Lipinski definition) is 1. The fourth-order valence-corrected chi connectivity index (χ4v) is 2.34. The molecule has 108 valence electrons. The predicted octanol–water partition coefficient (Wildman–Crippen LogP) is 2.90. The first-order chi connectivity index (χ1) is 8.90. The van der Waals surface area contributed by atoms with Crippen molar-refractivity contribution in [2.75, 3.05) is 27.7 Å². The maximum atomic E-state index is 5.77. The summed E-state index contributed by atoms with van der Waals surface area (Å²) in [6.07, 6.45) is 1.04. The van der Waals surface area contributed by atoms with Gasteiger partial charge >= 0.3 is 0 Å². The van der Waals surface area contributed by atoms with E-state index in [4.69, 9.17) is 10.5 Å². The van der Waals surface area contributed by atoms with Gasteiger partial charge in [0.05, 0.1) is 7.11 Å². The molecule has 2 unspecified atom stereocenters. The van der Waals surface area contributed by atoms with Gasteiger partial charge in [-0.1, -0.05) is 13.0 Å². The molecule has 3 heteroatoms. The lowest BCUT2D eigenvalue weighted by molar-refractivity contribution is 0.248. The van der Waals surface area contributed by atoms with Crippen LogP contribution in [0.4, 0.5) is 0 Å². The fourth-order valence-electron chi connectivity index (χ4n) is 2.34. The third kappa shape index (κ3) is 3.95. The van der Waals surface area contributed by atoms with Crippen LogP contribution in [0.15, 0.2) is 12.1 Å². The molecule has 0 fully saturated rings. The number of nitrogens with two attached hydrogens (primary N) is 1. The van der Waals surface area contributed by atoms with Gasteiger partial charge < -0.3 is 15.4 Å². The van der Waals surface area contributed by atoms with E-state index in [0.29, 0.717) is 12.0 Å². The third-order valence-electron chi connectivity index (χ3n) is 3.86. The van der Waals surface area contributed by atoms with Crippen LogP contribution in [0.5, 0.6) is 5.75 Å². The van der Waals surface area contributed by atoms with E-state index < -0.39 is 0 Å². The summed E-state index contributed by atoms with van der Waals surface area (Å²) in [5.74, 6) is 1.48. The minimum atomic E-state index is 0.341. The van der Waals surface area contributed by atoms with Gasteiger partial charge in [0.25, 0.3) is 0 Å². The smallest absolute Gasteiger partial charge is 0.123 e. The average molecular weight is 264 g/mol. The molecule has 0 saturated heterocycles. The molecule has 19 heavy (non-hydrogen) atoms. The lowest BCUT2D eigenvalue weighted by Gasteiger charge is -2.29. The number of methoxy groups -OCH3 is 1. The second-order valence-corrected chi connectivity index (χ2v) is 5.73. The quantitative estimate of drug-likeness (QED) is 0.858. The van der Waals surface area contributed by atoms with E-state index in [2.05, 4.69) is 51.9 Å². The molecule has 0 radical (unpaired) electrons. The molecule has 0 amide bonds. The Kier molecular flexibility index (Phi) is 5.83. The maximum Gasteiger partial charge on any atom is 0.123 e. The Morgan fingerprint density at radius 1 is 1.21 bits per heavy atom. The normalized spacial score (nSPS) is 14.5. The number of hydrogen-bond acceptors (Lipinski definition) is 3. The first-order valence-corrected chi connectivity index (χ1v) is 6.92. The Morgan fingerprint density at radius 2 is 1.79 bits per heavy atom. The third-order valence-corrected chi connectivity index (χ3v) is 3.86. The molecule has 2 atom stereocenters. The van der Waals surface area contributed by atoms with E-state index >= 15 is 0 Å². The van der Waals surface area contributed by atoms with Gasteiger partial charge in [-0.3, -0.25) is 0 Å². The second-order valence-electron chi connectivity index (χ2n) is 5.73. The summed E-state index contributed by atoms with van der Waals surface area (Å²) in [7, 11) is 5.97. The Morgan fingerprint density at radius 3 is 2.26 bits per heavy atom. The van der Waals surface area contributed by atoms with Crippen LogP contribution in [-0.4, -0.2) is 32.6 Å². The van der Waals surface area contributed by atoms with E-state index in [1.165, 1.54) is 16.7 Å². The van der Waals surface area contributed by atoms with Gasteiger partial charge in [0.15, 0.2) is 0 Å². The molecule has 0 bridgehead atoms. The lowest BCUT2D eigenvalue weighted by atomic mass is 9.92. The van der Waals surface area contributed by atoms with Gasteiger partial charge in [-0.2, -0.15) is 0 Å². The SMILES string of the molecule is COc1cc(C)c(C)cc1C(CC(C)CN)N(C)C. The zero-order valence-corrected chi connectivity index (χ0v) is 13.2. The molecule has 1 aromatic carbocycles. The van der Waals surface area contributed by atoms with E-state index in [1.54, 1.807) is 7.11 Å². The van der Waals surface area contributed by atoms with Crippen molar-refractivity contribution in [3.8, 4) is 5.75 Å². The molecule has 1 rings (SSSR count). The predicted molar refractivity (Wildman–Crippen MR) is 81.7 cm³/mol. The van der Waals surface area contributed by atoms with Crippen molar-refractivity contribution < 1.29 is 4.74 Å². The van der Waals surface area contributed by atoms with E-state index in [0.717, 1.165) is 18.7 Å². The highest BCUT2D eigenvalue weighted by atomic mass is 16.5. The first kappa shape index (κ1) is 16.0. The summed E-state index contributed by atoms with van der Waals surface area (Å²) in [5, 5.41) is 0. The molecule has 0 aliphatic heterocycles. The highest BCUT2D eigenvalue weighted by Crippen LogP contribution is 2.34. The lowest BCUT2D eigenvalue weighted by Crippen LogP contribution is -2.25. The molecule has 0 aliphatic rings. The van der Waals surface area contributed by atoms with Crippen molar-refractivity contribution in [3.63, 3.8) is 0 Å². The van der Waals surface area contributed by atoms with Crippen LogP contribution in [0.25, 0.3) is 0 Å². The van der Waals surface area contributed by atoms with Crippen molar-refractivity contribution in [1.82, 2.24) is 4.90 Å². The molecule has 3 nitrogen and oxygen atoms in total. The minimum absolute atomic E-state index is 0.341. The maximum absolute atomic E-state index is 5.77. The van der Waals surface area contributed by atoms with Crippen molar-refractivity contribution in [2.24, 2.45) is 11.7 Å². The summed E-state index contributed by atoms with van der Waals surface area (Å²) < 4.78 is 5.57. The second kappa shape index (κ2) is 6.92. The zero-order chi connectivity index (χ0) is 14.6. The van der Waals surface area contributed by atoms with Crippen LogP contribution in [0.2, 0.25) is 0 Å². The number of nitrogens with zero attached hydrogens (tertiary/aromatic N) is 1. The molecular formula is C16H28N2O. The van der Waals surface area contributed by atoms with Crippen LogP contribution >= 0.6 is 0 Å². The van der Waals surface area contributed by atoms with Gasteiger partial charge in [0, 0.05) is 11.6 Å². The molecule has 0 saturated carbocycles. The van der Waals surface area contributed by atoms with Gasteiger partial charge in [0.1, 0.15) is 5.75 Å². The Labute approximate surface area is 117 Å².